The summed E-state index contributed by atoms with van der Waals surface area (Å²) in [6.45, 7) is 0. The summed E-state index contributed by atoms with van der Waals surface area (Å²) >= 11 is 0. The Balaban J connectivity index is 2.20. The lowest BCUT2D eigenvalue weighted by atomic mass is 9.83. The Kier molecular flexibility index (Phi) is 2.28. The average Bonchev–Trinajstić information content (AvgIpc) is 2.64. The van der Waals surface area contributed by atoms with Gasteiger partial charge in [0.25, 0.3) is 0 Å². The van der Waals surface area contributed by atoms with E-state index in [1.54, 1.807) is 0 Å². The van der Waals surface area contributed by atoms with Crippen LogP contribution in [0.2, 0.25) is 0 Å². The minimum absolute atomic E-state index is 0.0534. The van der Waals surface area contributed by atoms with Gasteiger partial charge in [0.1, 0.15) is 0 Å². The molecule has 0 saturated heterocycles. The zero-order valence-corrected chi connectivity index (χ0v) is 9.64. The number of hydrogen-bond acceptors (Lipinski definition) is 2. The van der Waals surface area contributed by atoms with Crippen LogP contribution in [0.1, 0.15) is 16.7 Å². The molecule has 2 aromatic carbocycles. The first-order chi connectivity index (χ1) is 8.23. The second kappa shape index (κ2) is 3.69. The molecule has 4 N–H and O–H groups in total. The van der Waals surface area contributed by atoms with Gasteiger partial charge >= 0.3 is 0 Å². The van der Waals surface area contributed by atoms with Crippen LogP contribution in [0.25, 0.3) is 0 Å². The molecule has 3 rings (SSSR count). The van der Waals surface area contributed by atoms with Crippen molar-refractivity contribution >= 4 is 0 Å². The second-order valence-corrected chi connectivity index (χ2v) is 4.70. The van der Waals surface area contributed by atoms with E-state index in [0.717, 1.165) is 12.0 Å². The standard InChI is InChI=1S/C15H16N2/c16-14-10-11-6-4-5-9-13(11)15(14,17)12-7-2-1-3-8-12/h1-9,14H,10,16-17H2. The van der Waals surface area contributed by atoms with E-state index < -0.39 is 5.54 Å². The Bertz CT molecular complexity index is 536. The molecule has 2 unspecified atom stereocenters. The fourth-order valence-electron chi connectivity index (χ4n) is 2.78. The largest absolute Gasteiger partial charge is 0.325 e. The molecule has 0 saturated carbocycles. The lowest BCUT2D eigenvalue weighted by molar-refractivity contribution is 0.456. The van der Waals surface area contributed by atoms with Crippen molar-refractivity contribution < 1.29 is 0 Å². The quantitative estimate of drug-likeness (QED) is 0.775. The molecule has 0 fully saturated rings. The SMILES string of the molecule is NC1Cc2ccccc2C1(N)c1ccccc1. The van der Waals surface area contributed by atoms with Crippen LogP contribution in [0.4, 0.5) is 0 Å². The van der Waals surface area contributed by atoms with Gasteiger partial charge in [-0.15, -0.1) is 0 Å². The Morgan fingerprint density at radius 1 is 0.941 bits per heavy atom. The van der Waals surface area contributed by atoms with E-state index in [2.05, 4.69) is 24.3 Å². The molecule has 2 atom stereocenters. The van der Waals surface area contributed by atoms with Crippen molar-refractivity contribution in [2.24, 2.45) is 11.5 Å². The van der Waals surface area contributed by atoms with Gasteiger partial charge in [0, 0.05) is 6.04 Å². The highest BCUT2D eigenvalue weighted by Crippen LogP contribution is 2.38. The van der Waals surface area contributed by atoms with E-state index >= 15 is 0 Å². The Morgan fingerprint density at radius 2 is 1.59 bits per heavy atom. The molecule has 2 nitrogen and oxygen atoms in total. The van der Waals surface area contributed by atoms with Gasteiger partial charge in [-0.25, -0.2) is 0 Å². The van der Waals surface area contributed by atoms with E-state index in [9.17, 15) is 0 Å². The number of nitrogens with two attached hydrogens (primary N) is 2. The third-order valence-electron chi connectivity index (χ3n) is 3.74. The lowest BCUT2D eigenvalue weighted by Crippen LogP contribution is -2.50. The van der Waals surface area contributed by atoms with Crippen LogP contribution in [0.5, 0.6) is 0 Å². The van der Waals surface area contributed by atoms with Crippen molar-refractivity contribution in [3.8, 4) is 0 Å². The highest BCUT2D eigenvalue weighted by atomic mass is 14.9. The number of benzene rings is 2. The summed E-state index contributed by atoms with van der Waals surface area (Å²) in [5.41, 5.74) is 15.9. The zero-order valence-electron chi connectivity index (χ0n) is 9.64. The maximum Gasteiger partial charge on any atom is 0.0825 e. The molecule has 0 aromatic heterocycles. The van der Waals surface area contributed by atoms with E-state index in [1.807, 2.05) is 30.3 Å². The molecule has 0 bridgehead atoms. The molecule has 0 spiro atoms. The monoisotopic (exact) mass is 224 g/mol. The average molecular weight is 224 g/mol. The summed E-state index contributed by atoms with van der Waals surface area (Å²) in [7, 11) is 0. The van der Waals surface area contributed by atoms with Crippen molar-refractivity contribution in [2.75, 3.05) is 0 Å². The molecule has 0 radical (unpaired) electrons. The molecule has 0 heterocycles. The van der Waals surface area contributed by atoms with Gasteiger partial charge in [-0.1, -0.05) is 54.6 Å². The highest BCUT2D eigenvalue weighted by molar-refractivity contribution is 5.49. The molecule has 0 amide bonds. The topological polar surface area (TPSA) is 52.0 Å². The van der Waals surface area contributed by atoms with Crippen molar-refractivity contribution in [1.29, 1.82) is 0 Å². The van der Waals surface area contributed by atoms with Gasteiger partial charge < -0.3 is 11.5 Å². The smallest absolute Gasteiger partial charge is 0.0825 e. The Morgan fingerprint density at radius 3 is 2.35 bits per heavy atom. The van der Waals surface area contributed by atoms with Crippen LogP contribution in [0, 0.1) is 0 Å². The fraction of sp³-hybridized carbons (Fsp3) is 0.200. The Labute approximate surface area is 101 Å². The first-order valence-corrected chi connectivity index (χ1v) is 5.91. The predicted molar refractivity (Wildman–Crippen MR) is 69.5 cm³/mol. The van der Waals surface area contributed by atoms with Crippen molar-refractivity contribution in [3.63, 3.8) is 0 Å². The summed E-state index contributed by atoms with van der Waals surface area (Å²) in [6, 6.07) is 18.4. The van der Waals surface area contributed by atoms with Crippen LogP contribution in [0.3, 0.4) is 0 Å². The first kappa shape index (κ1) is 10.5. The lowest BCUT2D eigenvalue weighted by Gasteiger charge is -2.30. The maximum atomic E-state index is 6.61. The van der Waals surface area contributed by atoms with Gasteiger partial charge in [0.2, 0.25) is 0 Å². The Hall–Kier alpha value is -1.64. The van der Waals surface area contributed by atoms with Gasteiger partial charge in [-0.2, -0.15) is 0 Å². The van der Waals surface area contributed by atoms with Gasteiger partial charge in [0.15, 0.2) is 0 Å². The third kappa shape index (κ3) is 1.42. The second-order valence-electron chi connectivity index (χ2n) is 4.70. The predicted octanol–water partition coefficient (Wildman–Crippen LogP) is 1.77. The summed E-state index contributed by atoms with van der Waals surface area (Å²) in [6.07, 6.45) is 0.849. The molecule has 2 aromatic rings. The molecule has 17 heavy (non-hydrogen) atoms. The van der Waals surface area contributed by atoms with Gasteiger partial charge in [-0.05, 0) is 23.1 Å². The maximum absolute atomic E-state index is 6.61. The summed E-state index contributed by atoms with van der Waals surface area (Å²) in [5, 5.41) is 0. The summed E-state index contributed by atoms with van der Waals surface area (Å²) in [5.74, 6) is 0. The third-order valence-corrected chi connectivity index (χ3v) is 3.74. The molecule has 0 aliphatic heterocycles. The van der Waals surface area contributed by atoms with Crippen molar-refractivity contribution in [2.45, 2.75) is 18.0 Å². The fourth-order valence-corrected chi connectivity index (χ4v) is 2.78. The zero-order chi connectivity index (χ0) is 11.9. The molecule has 1 aliphatic rings. The minimum Gasteiger partial charge on any atom is -0.325 e. The first-order valence-electron chi connectivity index (χ1n) is 5.91. The van der Waals surface area contributed by atoms with E-state index in [0.29, 0.717) is 0 Å². The normalized spacial score (nSPS) is 26.8. The van der Waals surface area contributed by atoms with E-state index in [1.165, 1.54) is 11.1 Å². The number of hydrogen-bond donors (Lipinski definition) is 2. The summed E-state index contributed by atoms with van der Waals surface area (Å²) < 4.78 is 0. The molecule has 1 aliphatic carbocycles. The van der Waals surface area contributed by atoms with E-state index in [4.69, 9.17) is 11.5 Å². The molecular weight excluding hydrogens is 208 g/mol. The number of rotatable bonds is 1. The molecule has 86 valence electrons. The summed E-state index contributed by atoms with van der Waals surface area (Å²) in [4.78, 5) is 0. The van der Waals surface area contributed by atoms with E-state index in [-0.39, 0.29) is 6.04 Å². The van der Waals surface area contributed by atoms with Crippen molar-refractivity contribution in [3.05, 3.63) is 71.3 Å². The van der Waals surface area contributed by atoms with Crippen LogP contribution in [-0.4, -0.2) is 6.04 Å². The van der Waals surface area contributed by atoms with Crippen LogP contribution >= 0.6 is 0 Å². The minimum atomic E-state index is -0.544. The van der Waals surface area contributed by atoms with Crippen LogP contribution in [0.15, 0.2) is 54.6 Å². The van der Waals surface area contributed by atoms with Crippen molar-refractivity contribution in [1.82, 2.24) is 0 Å². The highest BCUT2D eigenvalue weighted by Gasteiger charge is 2.42. The van der Waals surface area contributed by atoms with Gasteiger partial charge in [0.05, 0.1) is 5.54 Å². The molecule has 2 heteroatoms. The molecular formula is C15H16N2. The van der Waals surface area contributed by atoms with Crippen LogP contribution in [-0.2, 0) is 12.0 Å². The van der Waals surface area contributed by atoms with Gasteiger partial charge in [-0.3, -0.25) is 0 Å². The number of fused-ring (bicyclic) bond motifs is 1. The van der Waals surface area contributed by atoms with Crippen LogP contribution < -0.4 is 11.5 Å².